The van der Waals surface area contributed by atoms with E-state index in [0.29, 0.717) is 18.7 Å². The molecule has 1 aliphatic heterocycles. The van der Waals surface area contributed by atoms with E-state index in [-0.39, 0.29) is 34.7 Å². The van der Waals surface area contributed by atoms with E-state index in [1.807, 2.05) is 6.92 Å². The van der Waals surface area contributed by atoms with E-state index in [2.05, 4.69) is 17.0 Å². The van der Waals surface area contributed by atoms with Gasteiger partial charge in [0.05, 0.1) is 10.8 Å². The SMILES string of the molecule is CCC[C@@H](C)NC(=O)[C@H]1CCCN(C(=O)c2cccc(S(=O)(=O)NC3CCCC3)c2)C1. The zero-order valence-corrected chi connectivity index (χ0v) is 19.4. The van der Waals surface area contributed by atoms with Crippen molar-refractivity contribution in [3.63, 3.8) is 0 Å². The summed E-state index contributed by atoms with van der Waals surface area (Å²) >= 11 is 0. The molecule has 2 amide bonds. The summed E-state index contributed by atoms with van der Waals surface area (Å²) in [4.78, 5) is 27.5. The minimum absolute atomic E-state index is 0.00413. The van der Waals surface area contributed by atoms with E-state index in [1.54, 1.807) is 17.0 Å². The number of piperidine rings is 1. The van der Waals surface area contributed by atoms with Crippen molar-refractivity contribution in [3.8, 4) is 0 Å². The third-order valence-electron chi connectivity index (χ3n) is 6.26. The Morgan fingerprint density at radius 3 is 2.61 bits per heavy atom. The summed E-state index contributed by atoms with van der Waals surface area (Å²) in [6.07, 6.45) is 7.22. The second kappa shape index (κ2) is 10.6. The number of likely N-dealkylation sites (tertiary alicyclic amines) is 1. The summed E-state index contributed by atoms with van der Waals surface area (Å²) in [6.45, 7) is 5.02. The Morgan fingerprint density at radius 2 is 1.90 bits per heavy atom. The molecule has 1 saturated heterocycles. The number of amides is 2. The average Bonchev–Trinajstić information content (AvgIpc) is 3.26. The molecule has 1 saturated carbocycles. The van der Waals surface area contributed by atoms with Crippen LogP contribution in [0.2, 0.25) is 0 Å². The standard InChI is InChI=1S/C23H35N3O4S/c1-3-8-17(2)24-22(27)19-10-7-14-26(16-19)23(28)18-9-6-13-21(15-18)31(29,30)25-20-11-4-5-12-20/h6,9,13,15,17,19-20,25H,3-5,7-8,10-12,14,16H2,1-2H3,(H,24,27)/t17-,19+/m1/s1. The van der Waals surface area contributed by atoms with Crippen LogP contribution in [0.3, 0.4) is 0 Å². The van der Waals surface area contributed by atoms with E-state index in [9.17, 15) is 18.0 Å². The molecule has 31 heavy (non-hydrogen) atoms. The van der Waals surface area contributed by atoms with Crippen LogP contribution in [0, 0.1) is 5.92 Å². The van der Waals surface area contributed by atoms with E-state index in [0.717, 1.165) is 51.4 Å². The Bertz CT molecular complexity index is 881. The molecular weight excluding hydrogens is 414 g/mol. The van der Waals surface area contributed by atoms with Crippen LogP contribution in [0.5, 0.6) is 0 Å². The van der Waals surface area contributed by atoms with Crippen LogP contribution in [0.25, 0.3) is 0 Å². The average molecular weight is 450 g/mol. The van der Waals surface area contributed by atoms with Gasteiger partial charge in [0.15, 0.2) is 0 Å². The number of benzene rings is 1. The third-order valence-corrected chi connectivity index (χ3v) is 7.78. The summed E-state index contributed by atoms with van der Waals surface area (Å²) in [5.74, 6) is -0.458. The van der Waals surface area contributed by atoms with E-state index >= 15 is 0 Å². The van der Waals surface area contributed by atoms with Gasteiger partial charge in [-0.25, -0.2) is 13.1 Å². The number of sulfonamides is 1. The number of rotatable bonds is 8. The molecule has 1 heterocycles. The molecule has 2 fully saturated rings. The van der Waals surface area contributed by atoms with Crippen LogP contribution in [-0.2, 0) is 14.8 Å². The number of hydrogen-bond acceptors (Lipinski definition) is 4. The molecule has 1 aromatic carbocycles. The molecule has 0 unspecified atom stereocenters. The van der Waals surface area contributed by atoms with Gasteiger partial charge < -0.3 is 10.2 Å². The first-order valence-corrected chi connectivity index (χ1v) is 13.0. The van der Waals surface area contributed by atoms with Crippen LogP contribution in [-0.4, -0.2) is 50.3 Å². The van der Waals surface area contributed by atoms with E-state index < -0.39 is 10.0 Å². The quantitative estimate of drug-likeness (QED) is 0.638. The molecule has 1 aliphatic carbocycles. The highest BCUT2D eigenvalue weighted by Crippen LogP contribution is 2.23. The normalized spacial score (nSPS) is 21.1. The van der Waals surface area contributed by atoms with Gasteiger partial charge in [0.2, 0.25) is 15.9 Å². The molecule has 0 radical (unpaired) electrons. The van der Waals surface area contributed by atoms with Gasteiger partial charge in [0.25, 0.3) is 5.91 Å². The Hall–Kier alpha value is -1.93. The fourth-order valence-corrected chi connectivity index (χ4v) is 5.90. The third kappa shape index (κ3) is 6.29. The maximum atomic E-state index is 13.1. The summed E-state index contributed by atoms with van der Waals surface area (Å²) in [5, 5.41) is 3.05. The smallest absolute Gasteiger partial charge is 0.253 e. The molecule has 2 atom stereocenters. The summed E-state index contributed by atoms with van der Waals surface area (Å²) < 4.78 is 28.3. The molecule has 7 nitrogen and oxygen atoms in total. The molecular formula is C23H35N3O4S. The van der Waals surface area contributed by atoms with Crippen molar-refractivity contribution in [2.24, 2.45) is 5.92 Å². The fourth-order valence-electron chi connectivity index (χ4n) is 4.55. The van der Waals surface area contributed by atoms with Gasteiger partial charge >= 0.3 is 0 Å². The highest BCUT2D eigenvalue weighted by Gasteiger charge is 2.30. The minimum Gasteiger partial charge on any atom is -0.353 e. The highest BCUT2D eigenvalue weighted by atomic mass is 32.2. The largest absolute Gasteiger partial charge is 0.353 e. The predicted octanol–water partition coefficient (Wildman–Crippen LogP) is 3.06. The molecule has 2 aliphatic rings. The Balaban J connectivity index is 1.66. The van der Waals surface area contributed by atoms with Crippen molar-refractivity contribution in [2.45, 2.75) is 82.2 Å². The summed E-state index contributed by atoms with van der Waals surface area (Å²) in [5.41, 5.74) is 0.342. The molecule has 0 spiro atoms. The van der Waals surface area contributed by atoms with Gasteiger partial charge in [-0.3, -0.25) is 9.59 Å². The fraction of sp³-hybridized carbons (Fsp3) is 0.652. The van der Waals surface area contributed by atoms with Crippen molar-refractivity contribution < 1.29 is 18.0 Å². The zero-order valence-electron chi connectivity index (χ0n) is 18.6. The second-order valence-corrected chi connectivity index (χ2v) is 10.6. The number of nitrogens with one attached hydrogen (secondary N) is 2. The Kier molecular flexibility index (Phi) is 8.11. The first-order valence-electron chi connectivity index (χ1n) is 11.5. The number of carbonyl (C=O) groups excluding carboxylic acids is 2. The molecule has 172 valence electrons. The zero-order chi connectivity index (χ0) is 22.4. The van der Waals surface area contributed by atoms with E-state index in [1.165, 1.54) is 12.1 Å². The van der Waals surface area contributed by atoms with Crippen molar-refractivity contribution in [1.29, 1.82) is 0 Å². The minimum atomic E-state index is -3.66. The molecule has 3 rings (SSSR count). The summed E-state index contributed by atoms with van der Waals surface area (Å²) in [6, 6.07) is 6.32. The molecule has 8 heteroatoms. The maximum absolute atomic E-state index is 13.1. The van der Waals surface area contributed by atoms with Gasteiger partial charge in [-0.05, 0) is 57.2 Å². The molecule has 1 aromatic rings. The maximum Gasteiger partial charge on any atom is 0.253 e. The lowest BCUT2D eigenvalue weighted by Gasteiger charge is -2.32. The topological polar surface area (TPSA) is 95.6 Å². The Morgan fingerprint density at radius 1 is 1.16 bits per heavy atom. The second-order valence-electron chi connectivity index (χ2n) is 8.92. The monoisotopic (exact) mass is 449 g/mol. The lowest BCUT2D eigenvalue weighted by molar-refractivity contribution is -0.127. The van der Waals surface area contributed by atoms with Crippen LogP contribution in [0.4, 0.5) is 0 Å². The lowest BCUT2D eigenvalue weighted by Crippen LogP contribution is -2.47. The first kappa shape index (κ1) is 23.7. The van der Waals surface area contributed by atoms with E-state index in [4.69, 9.17) is 0 Å². The van der Waals surface area contributed by atoms with Crippen molar-refractivity contribution in [3.05, 3.63) is 29.8 Å². The molecule has 0 aromatic heterocycles. The van der Waals surface area contributed by atoms with Gasteiger partial charge in [-0.15, -0.1) is 0 Å². The lowest BCUT2D eigenvalue weighted by atomic mass is 9.96. The van der Waals surface area contributed by atoms with Crippen LogP contribution < -0.4 is 10.0 Å². The number of carbonyl (C=O) groups is 2. The van der Waals surface area contributed by atoms with Crippen LogP contribution in [0.15, 0.2) is 29.2 Å². The predicted molar refractivity (Wildman–Crippen MR) is 120 cm³/mol. The Labute approximate surface area is 186 Å². The van der Waals surface area contributed by atoms with Gasteiger partial charge in [0, 0.05) is 30.7 Å². The van der Waals surface area contributed by atoms with Crippen LogP contribution >= 0.6 is 0 Å². The summed E-state index contributed by atoms with van der Waals surface area (Å²) in [7, 11) is -3.66. The van der Waals surface area contributed by atoms with Crippen LogP contribution in [0.1, 0.15) is 75.6 Å². The first-order chi connectivity index (χ1) is 14.8. The van der Waals surface area contributed by atoms with Crippen molar-refractivity contribution >= 4 is 21.8 Å². The van der Waals surface area contributed by atoms with Gasteiger partial charge in [0.1, 0.15) is 0 Å². The van der Waals surface area contributed by atoms with Crippen molar-refractivity contribution in [2.75, 3.05) is 13.1 Å². The van der Waals surface area contributed by atoms with Gasteiger partial charge in [-0.2, -0.15) is 0 Å². The van der Waals surface area contributed by atoms with Crippen molar-refractivity contribution in [1.82, 2.24) is 14.9 Å². The van der Waals surface area contributed by atoms with Gasteiger partial charge in [-0.1, -0.05) is 32.3 Å². The number of nitrogens with zero attached hydrogens (tertiary/aromatic N) is 1. The molecule has 0 bridgehead atoms. The molecule has 2 N–H and O–H groups in total. The number of hydrogen-bond donors (Lipinski definition) is 2. The highest BCUT2D eigenvalue weighted by molar-refractivity contribution is 7.89.